The maximum atomic E-state index is 13.4. The number of amides is 1. The van der Waals surface area contributed by atoms with Crippen LogP contribution in [0.5, 0.6) is 5.75 Å². The summed E-state index contributed by atoms with van der Waals surface area (Å²) >= 11 is 7.93. The number of ether oxygens (including phenoxy) is 1. The first kappa shape index (κ1) is 24.0. The van der Waals surface area contributed by atoms with E-state index >= 15 is 0 Å². The number of nitrogens with one attached hydrogen (secondary N) is 1. The summed E-state index contributed by atoms with van der Waals surface area (Å²) in [5.74, 6) is 7.36. The second-order valence-corrected chi connectivity index (χ2v) is 9.84. The Bertz CT molecular complexity index is 1500. The fraction of sp³-hybridized carbons (Fsp3) is 0.222. The van der Waals surface area contributed by atoms with E-state index < -0.39 is 0 Å². The first-order valence-electron chi connectivity index (χ1n) is 11.4. The number of hydrogen-bond acceptors (Lipinski definition) is 6. The zero-order valence-corrected chi connectivity index (χ0v) is 21.0. The lowest BCUT2D eigenvalue weighted by molar-refractivity contribution is -0.128. The summed E-state index contributed by atoms with van der Waals surface area (Å²) in [6.07, 6.45) is 3.37. The fourth-order valence-electron chi connectivity index (χ4n) is 4.07. The molecule has 1 amide bonds. The van der Waals surface area contributed by atoms with Crippen molar-refractivity contribution < 1.29 is 13.9 Å². The molecule has 1 atom stereocenters. The van der Waals surface area contributed by atoms with Crippen LogP contribution in [0.4, 0.5) is 15.9 Å². The second kappa shape index (κ2) is 10.5. The third-order valence-corrected chi connectivity index (χ3v) is 7.15. The molecule has 0 radical (unpaired) electrons. The third kappa shape index (κ3) is 5.43. The Hall–Kier alpha value is -3.67. The van der Waals surface area contributed by atoms with Crippen molar-refractivity contribution in [2.24, 2.45) is 0 Å². The minimum atomic E-state index is -0.308. The highest BCUT2D eigenvalue weighted by Crippen LogP contribution is 2.33. The molecule has 0 saturated carbocycles. The van der Waals surface area contributed by atoms with Gasteiger partial charge in [-0.15, -0.1) is 11.3 Å². The van der Waals surface area contributed by atoms with Gasteiger partial charge in [0.2, 0.25) is 5.91 Å². The maximum Gasteiger partial charge on any atom is 0.220 e. The normalized spacial score (nSPS) is 15.0. The molecule has 1 aliphatic heterocycles. The quantitative estimate of drug-likeness (QED) is 0.319. The molecule has 1 N–H and O–H groups in total. The van der Waals surface area contributed by atoms with Gasteiger partial charge in [0.15, 0.2) is 5.82 Å². The minimum absolute atomic E-state index is 0.0415. The van der Waals surface area contributed by atoms with Crippen LogP contribution in [0.1, 0.15) is 30.2 Å². The molecule has 2 aromatic carbocycles. The van der Waals surface area contributed by atoms with Gasteiger partial charge >= 0.3 is 0 Å². The molecule has 0 unspecified atom stereocenters. The Morgan fingerprint density at radius 2 is 2.17 bits per heavy atom. The lowest BCUT2D eigenvalue weighted by atomic mass is 10.2. The van der Waals surface area contributed by atoms with Gasteiger partial charge in [0.25, 0.3) is 0 Å². The second-order valence-electron chi connectivity index (χ2n) is 8.38. The average molecular weight is 521 g/mol. The molecule has 36 heavy (non-hydrogen) atoms. The minimum Gasteiger partial charge on any atom is -0.487 e. The molecule has 1 saturated heterocycles. The molecule has 0 spiro atoms. The van der Waals surface area contributed by atoms with E-state index in [0.29, 0.717) is 16.6 Å². The van der Waals surface area contributed by atoms with Crippen LogP contribution < -0.4 is 10.1 Å². The predicted molar refractivity (Wildman–Crippen MR) is 140 cm³/mol. The number of halogens is 2. The van der Waals surface area contributed by atoms with E-state index in [1.54, 1.807) is 31.2 Å². The number of likely N-dealkylation sites (tertiary alicyclic amines) is 1. The summed E-state index contributed by atoms with van der Waals surface area (Å²) < 4.78 is 20.0. The van der Waals surface area contributed by atoms with Gasteiger partial charge in [-0.25, -0.2) is 14.4 Å². The number of anilines is 2. The van der Waals surface area contributed by atoms with E-state index in [4.69, 9.17) is 16.3 Å². The standard InChI is InChI=1S/C27H22ClFN4O2S/c1-17(34)33-11-3-6-21(33)8-9-22-14-24-26(36-22)27(31-16-30-24)32-20-7-10-25(23(28)13-20)35-15-18-4-2-5-19(29)12-18/h2,4-5,7,10,12-14,16,21H,3,6,11,15H2,1H3,(H,30,31,32)/t21-/m1/s1. The van der Waals surface area contributed by atoms with E-state index in [9.17, 15) is 9.18 Å². The SMILES string of the molecule is CC(=O)N1CCC[C@@H]1C#Cc1cc2ncnc(Nc3ccc(OCc4cccc(F)c4)c(Cl)c3)c2s1. The molecular weight excluding hydrogens is 499 g/mol. The number of carbonyl (C=O) groups is 1. The maximum absolute atomic E-state index is 13.4. The summed E-state index contributed by atoms with van der Waals surface area (Å²) in [4.78, 5) is 23.2. The first-order valence-corrected chi connectivity index (χ1v) is 12.6. The first-order chi connectivity index (χ1) is 17.5. The van der Waals surface area contributed by atoms with Crippen molar-refractivity contribution in [1.82, 2.24) is 14.9 Å². The Morgan fingerprint density at radius 1 is 1.28 bits per heavy atom. The summed E-state index contributed by atoms with van der Waals surface area (Å²) in [5.41, 5.74) is 2.25. The number of benzene rings is 2. The van der Waals surface area contributed by atoms with Crippen LogP contribution in [-0.2, 0) is 11.4 Å². The van der Waals surface area contributed by atoms with Gasteiger partial charge in [-0.05, 0) is 54.8 Å². The van der Waals surface area contributed by atoms with Gasteiger partial charge < -0.3 is 15.0 Å². The Balaban J connectivity index is 1.31. The van der Waals surface area contributed by atoms with Crippen LogP contribution in [0.25, 0.3) is 10.2 Å². The van der Waals surface area contributed by atoms with E-state index in [2.05, 4.69) is 27.1 Å². The van der Waals surface area contributed by atoms with Crippen LogP contribution >= 0.6 is 22.9 Å². The fourth-order valence-corrected chi connectivity index (χ4v) is 5.23. The van der Waals surface area contributed by atoms with Gasteiger partial charge in [-0.1, -0.05) is 35.6 Å². The molecule has 0 bridgehead atoms. The van der Waals surface area contributed by atoms with Crippen LogP contribution in [0, 0.1) is 17.7 Å². The number of carbonyl (C=O) groups excluding carboxylic acids is 1. The van der Waals surface area contributed by atoms with E-state index in [-0.39, 0.29) is 24.4 Å². The smallest absolute Gasteiger partial charge is 0.220 e. The number of hydrogen-bond donors (Lipinski definition) is 1. The van der Waals surface area contributed by atoms with Crippen molar-refractivity contribution in [3.8, 4) is 17.6 Å². The molecule has 6 nitrogen and oxygen atoms in total. The average Bonchev–Trinajstić information content (AvgIpc) is 3.50. The molecule has 3 heterocycles. The van der Waals surface area contributed by atoms with Crippen molar-refractivity contribution in [1.29, 1.82) is 0 Å². The monoisotopic (exact) mass is 520 g/mol. The van der Waals surface area contributed by atoms with Gasteiger partial charge in [0.1, 0.15) is 24.5 Å². The molecular formula is C27H22ClFN4O2S. The topological polar surface area (TPSA) is 67.4 Å². The van der Waals surface area contributed by atoms with Gasteiger partial charge in [0, 0.05) is 19.2 Å². The van der Waals surface area contributed by atoms with Crippen molar-refractivity contribution in [3.63, 3.8) is 0 Å². The Kier molecular flexibility index (Phi) is 7.03. The highest BCUT2D eigenvalue weighted by Gasteiger charge is 2.24. The van der Waals surface area contributed by atoms with Crippen LogP contribution in [0.3, 0.4) is 0 Å². The molecule has 2 aromatic heterocycles. The summed E-state index contributed by atoms with van der Waals surface area (Å²) in [6.45, 7) is 2.56. The third-order valence-electron chi connectivity index (χ3n) is 5.81. The number of rotatable bonds is 5. The summed E-state index contributed by atoms with van der Waals surface area (Å²) in [6, 6.07) is 13.5. The van der Waals surface area contributed by atoms with E-state index in [1.165, 1.54) is 29.8 Å². The molecule has 0 aliphatic carbocycles. The molecule has 5 rings (SSSR count). The molecule has 4 aromatic rings. The molecule has 9 heteroatoms. The highest BCUT2D eigenvalue weighted by molar-refractivity contribution is 7.20. The predicted octanol–water partition coefficient (Wildman–Crippen LogP) is 6.17. The Labute approximate surface area is 217 Å². The summed E-state index contributed by atoms with van der Waals surface area (Å²) in [7, 11) is 0. The van der Waals surface area contributed by atoms with Crippen LogP contribution in [-0.4, -0.2) is 33.4 Å². The van der Waals surface area contributed by atoms with Gasteiger partial charge in [-0.2, -0.15) is 0 Å². The van der Waals surface area contributed by atoms with Gasteiger partial charge in [0.05, 0.1) is 26.2 Å². The van der Waals surface area contributed by atoms with E-state index in [1.807, 2.05) is 17.0 Å². The number of aromatic nitrogens is 2. The van der Waals surface area contributed by atoms with Crippen molar-refractivity contribution in [2.75, 3.05) is 11.9 Å². The Morgan fingerprint density at radius 3 is 2.97 bits per heavy atom. The lowest BCUT2D eigenvalue weighted by Crippen LogP contribution is -2.32. The zero-order chi connectivity index (χ0) is 25.1. The highest BCUT2D eigenvalue weighted by atomic mass is 35.5. The number of nitrogens with zero attached hydrogens (tertiary/aromatic N) is 3. The number of thiophene rings is 1. The van der Waals surface area contributed by atoms with Crippen molar-refractivity contribution in [3.05, 3.63) is 76.1 Å². The largest absolute Gasteiger partial charge is 0.487 e. The molecule has 1 fully saturated rings. The lowest BCUT2D eigenvalue weighted by Gasteiger charge is -2.17. The van der Waals surface area contributed by atoms with Crippen molar-refractivity contribution >= 4 is 50.6 Å². The van der Waals surface area contributed by atoms with Crippen LogP contribution in [0.15, 0.2) is 54.9 Å². The summed E-state index contributed by atoms with van der Waals surface area (Å²) in [5, 5.41) is 3.72. The van der Waals surface area contributed by atoms with Crippen molar-refractivity contribution in [2.45, 2.75) is 32.4 Å². The molecule has 182 valence electrons. The molecule has 1 aliphatic rings. The van der Waals surface area contributed by atoms with E-state index in [0.717, 1.165) is 45.7 Å². The van der Waals surface area contributed by atoms with Crippen LogP contribution in [0.2, 0.25) is 5.02 Å². The zero-order valence-electron chi connectivity index (χ0n) is 19.4. The number of fused-ring (bicyclic) bond motifs is 1. The van der Waals surface area contributed by atoms with Gasteiger partial charge in [-0.3, -0.25) is 4.79 Å².